The van der Waals surface area contributed by atoms with Crippen LogP contribution in [0.3, 0.4) is 0 Å². The van der Waals surface area contributed by atoms with E-state index in [-0.39, 0.29) is 37.5 Å². The Bertz CT molecular complexity index is 1350. The van der Waals surface area contributed by atoms with Gasteiger partial charge in [-0.25, -0.2) is 0 Å². The van der Waals surface area contributed by atoms with Crippen molar-refractivity contribution in [1.29, 1.82) is 0 Å². The van der Waals surface area contributed by atoms with Gasteiger partial charge in [-0.1, -0.05) is 214 Å². The molecule has 0 aromatic heterocycles. The molecule has 1 atom stereocenters. The second kappa shape index (κ2) is 54.9. The van der Waals surface area contributed by atoms with Crippen molar-refractivity contribution in [2.45, 2.75) is 258 Å². The van der Waals surface area contributed by atoms with E-state index < -0.39 is 6.10 Å². The Morgan fingerprint density at radius 1 is 0.313 bits per heavy atom. The van der Waals surface area contributed by atoms with Crippen LogP contribution in [0.25, 0.3) is 0 Å². The lowest BCUT2D eigenvalue weighted by Gasteiger charge is -2.18. The summed E-state index contributed by atoms with van der Waals surface area (Å²) in [5, 5.41) is 0. The van der Waals surface area contributed by atoms with Crippen LogP contribution in [0, 0.1) is 0 Å². The SMILES string of the molecule is CC/C=C\C/C=C\C/C=C\C/C=C\CCCCC(=O)OC(COC(=O)CCCCCCC/C=C\C/C=C\C/C=C\CC)COC(=O)CCCCCCCCCCC/C=C\CCCCCCCC. The molecule has 0 amide bonds. The number of unbranched alkanes of at least 4 members (excludes halogenated alkanes) is 22. The van der Waals surface area contributed by atoms with E-state index in [0.29, 0.717) is 19.3 Å². The third-order valence-electron chi connectivity index (χ3n) is 11.6. The summed E-state index contributed by atoms with van der Waals surface area (Å²) in [6.07, 6.45) is 72.5. The average Bonchev–Trinajstić information content (AvgIpc) is 3.33. The maximum Gasteiger partial charge on any atom is 0.306 e. The fourth-order valence-electron chi connectivity index (χ4n) is 7.44. The Balaban J connectivity index is 4.45. The van der Waals surface area contributed by atoms with Gasteiger partial charge in [0.25, 0.3) is 0 Å². The van der Waals surface area contributed by atoms with Crippen LogP contribution in [0.4, 0.5) is 0 Å². The van der Waals surface area contributed by atoms with Crippen molar-refractivity contribution in [3.8, 4) is 0 Å². The molecule has 0 saturated carbocycles. The molecular weight excluding hydrogens is 829 g/mol. The molecule has 67 heavy (non-hydrogen) atoms. The van der Waals surface area contributed by atoms with Gasteiger partial charge in [-0.2, -0.15) is 0 Å². The number of rotatable bonds is 49. The van der Waals surface area contributed by atoms with Crippen molar-refractivity contribution in [1.82, 2.24) is 0 Å². The van der Waals surface area contributed by atoms with Crippen molar-refractivity contribution in [3.05, 3.63) is 97.2 Å². The summed E-state index contributed by atoms with van der Waals surface area (Å²) in [7, 11) is 0. The van der Waals surface area contributed by atoms with Gasteiger partial charge in [-0.3, -0.25) is 14.4 Å². The number of esters is 3. The summed E-state index contributed by atoms with van der Waals surface area (Å²) in [6.45, 7) is 6.36. The van der Waals surface area contributed by atoms with Crippen molar-refractivity contribution >= 4 is 17.9 Å². The predicted molar refractivity (Wildman–Crippen MR) is 288 cm³/mol. The molecule has 0 spiro atoms. The minimum Gasteiger partial charge on any atom is -0.462 e. The molecule has 1 unspecified atom stereocenters. The van der Waals surface area contributed by atoms with Crippen LogP contribution >= 0.6 is 0 Å². The van der Waals surface area contributed by atoms with Gasteiger partial charge in [0.1, 0.15) is 13.2 Å². The molecular formula is C61H102O6. The van der Waals surface area contributed by atoms with E-state index >= 15 is 0 Å². The summed E-state index contributed by atoms with van der Waals surface area (Å²) in [6, 6.07) is 0. The first-order valence-corrected chi connectivity index (χ1v) is 27.7. The highest BCUT2D eigenvalue weighted by atomic mass is 16.6. The summed E-state index contributed by atoms with van der Waals surface area (Å²) in [5.74, 6) is -0.962. The fourth-order valence-corrected chi connectivity index (χ4v) is 7.44. The molecule has 382 valence electrons. The summed E-state index contributed by atoms with van der Waals surface area (Å²) in [4.78, 5) is 38.1. The lowest BCUT2D eigenvalue weighted by atomic mass is 10.1. The molecule has 0 aromatic rings. The minimum absolute atomic E-state index is 0.101. The van der Waals surface area contributed by atoms with E-state index in [0.717, 1.165) is 116 Å². The number of ether oxygens (including phenoxy) is 3. The first kappa shape index (κ1) is 63.3. The number of carbonyl (C=O) groups excluding carboxylic acids is 3. The molecule has 0 aliphatic rings. The quantitative estimate of drug-likeness (QED) is 0.0262. The van der Waals surface area contributed by atoms with Crippen molar-refractivity contribution in [3.63, 3.8) is 0 Å². The van der Waals surface area contributed by atoms with E-state index in [1.807, 2.05) is 0 Å². The van der Waals surface area contributed by atoms with Gasteiger partial charge < -0.3 is 14.2 Å². The zero-order valence-corrected chi connectivity index (χ0v) is 43.6. The minimum atomic E-state index is -0.808. The first-order valence-electron chi connectivity index (χ1n) is 27.7. The van der Waals surface area contributed by atoms with Crippen LogP contribution in [0.15, 0.2) is 97.2 Å². The molecule has 0 saturated heterocycles. The van der Waals surface area contributed by atoms with E-state index in [9.17, 15) is 14.4 Å². The van der Waals surface area contributed by atoms with Gasteiger partial charge >= 0.3 is 17.9 Å². The number of allylic oxidation sites excluding steroid dienone is 16. The lowest BCUT2D eigenvalue weighted by Crippen LogP contribution is -2.30. The van der Waals surface area contributed by atoms with Crippen LogP contribution in [-0.4, -0.2) is 37.2 Å². The maximum atomic E-state index is 12.8. The first-order chi connectivity index (χ1) is 33.0. The van der Waals surface area contributed by atoms with Gasteiger partial charge in [0.2, 0.25) is 0 Å². The van der Waals surface area contributed by atoms with Crippen LogP contribution in [0.2, 0.25) is 0 Å². The fraction of sp³-hybridized carbons (Fsp3) is 0.689. The standard InChI is InChI=1S/C61H102O6/c1-4-7-10-13-16-19-22-25-28-29-30-31-34-36-39-42-45-48-51-54-60(63)66-57-58(67-61(64)55-52-49-46-43-40-37-33-27-24-21-18-15-12-9-6-3)56-65-59(62)53-50-47-44-41-38-35-32-26-23-20-17-14-11-8-5-2/h8-9,11-12,17-18,20-21,25-28,32-33,40,43,58H,4-7,10,13-16,19,22-24,29-31,34-39,41-42,44-57H2,1-3H3/b11-8-,12-9-,20-17-,21-18-,28-25-,32-26-,33-27-,43-40-. The van der Waals surface area contributed by atoms with Gasteiger partial charge in [-0.05, 0) is 116 Å². The maximum absolute atomic E-state index is 12.8. The highest BCUT2D eigenvalue weighted by Crippen LogP contribution is 2.14. The molecule has 0 aromatic carbocycles. The van der Waals surface area contributed by atoms with E-state index in [4.69, 9.17) is 14.2 Å². The second-order valence-electron chi connectivity index (χ2n) is 18.1. The molecule has 0 rings (SSSR count). The Morgan fingerprint density at radius 3 is 0.955 bits per heavy atom. The molecule has 0 radical (unpaired) electrons. The molecule has 0 fully saturated rings. The highest BCUT2D eigenvalue weighted by Gasteiger charge is 2.19. The van der Waals surface area contributed by atoms with E-state index in [1.165, 1.54) is 89.9 Å². The van der Waals surface area contributed by atoms with Gasteiger partial charge in [0, 0.05) is 19.3 Å². The monoisotopic (exact) mass is 931 g/mol. The molecule has 0 aliphatic carbocycles. The summed E-state index contributed by atoms with van der Waals surface area (Å²) >= 11 is 0. The molecule has 6 nitrogen and oxygen atoms in total. The topological polar surface area (TPSA) is 78.9 Å². The molecule has 0 N–H and O–H groups in total. The molecule has 6 heteroatoms. The Hall–Kier alpha value is -3.67. The third kappa shape index (κ3) is 53.2. The summed E-state index contributed by atoms with van der Waals surface area (Å²) < 4.78 is 16.8. The smallest absolute Gasteiger partial charge is 0.306 e. The number of carbonyl (C=O) groups is 3. The highest BCUT2D eigenvalue weighted by molar-refractivity contribution is 5.71. The normalized spacial score (nSPS) is 12.8. The van der Waals surface area contributed by atoms with Crippen molar-refractivity contribution in [2.75, 3.05) is 13.2 Å². The number of hydrogen-bond donors (Lipinski definition) is 0. The van der Waals surface area contributed by atoms with Crippen LogP contribution in [-0.2, 0) is 28.6 Å². The van der Waals surface area contributed by atoms with Gasteiger partial charge in [-0.15, -0.1) is 0 Å². The zero-order valence-electron chi connectivity index (χ0n) is 43.6. The van der Waals surface area contributed by atoms with Gasteiger partial charge in [0.15, 0.2) is 6.10 Å². The van der Waals surface area contributed by atoms with Crippen molar-refractivity contribution in [2.24, 2.45) is 0 Å². The molecule has 0 heterocycles. The zero-order chi connectivity index (χ0) is 48.6. The largest absolute Gasteiger partial charge is 0.462 e. The number of hydrogen-bond acceptors (Lipinski definition) is 6. The predicted octanol–water partition coefficient (Wildman–Crippen LogP) is 18.5. The van der Waals surface area contributed by atoms with Crippen LogP contribution in [0.5, 0.6) is 0 Å². The average molecular weight is 931 g/mol. The summed E-state index contributed by atoms with van der Waals surface area (Å²) in [5.41, 5.74) is 0. The molecule has 0 aliphatic heterocycles. The van der Waals surface area contributed by atoms with E-state index in [1.54, 1.807) is 0 Å². The third-order valence-corrected chi connectivity index (χ3v) is 11.6. The molecule has 0 bridgehead atoms. The van der Waals surface area contributed by atoms with Crippen LogP contribution < -0.4 is 0 Å². The Kier molecular flexibility index (Phi) is 51.9. The second-order valence-corrected chi connectivity index (χ2v) is 18.1. The van der Waals surface area contributed by atoms with Gasteiger partial charge in [0.05, 0.1) is 0 Å². The van der Waals surface area contributed by atoms with E-state index in [2.05, 4.69) is 118 Å². The lowest BCUT2D eigenvalue weighted by molar-refractivity contribution is -0.167. The van der Waals surface area contributed by atoms with Crippen molar-refractivity contribution < 1.29 is 28.6 Å². The Morgan fingerprint density at radius 2 is 0.582 bits per heavy atom. The van der Waals surface area contributed by atoms with Crippen LogP contribution in [0.1, 0.15) is 252 Å². The Labute approximate surface area is 413 Å².